The van der Waals surface area contributed by atoms with E-state index < -0.39 is 0 Å². The molecule has 2 nitrogen and oxygen atoms in total. The van der Waals surface area contributed by atoms with Crippen molar-refractivity contribution in [3.05, 3.63) is 65.2 Å². The third-order valence-corrected chi connectivity index (χ3v) is 4.31. The van der Waals surface area contributed by atoms with Gasteiger partial charge in [0.25, 0.3) is 0 Å². The molecule has 0 aliphatic carbocycles. The molecule has 0 aliphatic rings. The SMILES string of the molecule is CC(C)(OCCOc1ccc(CCl)cc1)c1ccc(CCl)cc1. The van der Waals surface area contributed by atoms with Crippen LogP contribution in [-0.2, 0) is 22.1 Å². The highest BCUT2D eigenvalue weighted by atomic mass is 35.5. The summed E-state index contributed by atoms with van der Waals surface area (Å²) in [5.41, 5.74) is 2.95. The van der Waals surface area contributed by atoms with Crippen molar-refractivity contribution in [3.63, 3.8) is 0 Å². The van der Waals surface area contributed by atoms with Crippen molar-refractivity contribution in [1.82, 2.24) is 0 Å². The van der Waals surface area contributed by atoms with Crippen LogP contribution in [0.25, 0.3) is 0 Å². The van der Waals surface area contributed by atoms with E-state index in [9.17, 15) is 0 Å². The van der Waals surface area contributed by atoms with Crippen molar-refractivity contribution in [3.8, 4) is 5.75 Å². The number of hydrogen-bond acceptors (Lipinski definition) is 2. The third kappa shape index (κ3) is 5.42. The first-order chi connectivity index (χ1) is 11.0. The lowest BCUT2D eigenvalue weighted by atomic mass is 9.97. The van der Waals surface area contributed by atoms with Crippen LogP contribution in [0.15, 0.2) is 48.5 Å². The first-order valence-corrected chi connectivity index (χ1v) is 8.69. The fourth-order valence-corrected chi connectivity index (χ4v) is 2.57. The molecular formula is C19H22Cl2O2. The highest BCUT2D eigenvalue weighted by molar-refractivity contribution is 6.17. The fourth-order valence-electron chi connectivity index (χ4n) is 2.21. The Hall–Kier alpha value is -1.22. The zero-order valence-electron chi connectivity index (χ0n) is 13.5. The normalized spacial score (nSPS) is 11.5. The Labute approximate surface area is 148 Å². The highest BCUT2D eigenvalue weighted by Gasteiger charge is 2.20. The number of ether oxygens (including phenoxy) is 2. The molecule has 0 saturated heterocycles. The number of hydrogen-bond donors (Lipinski definition) is 0. The van der Waals surface area contributed by atoms with Crippen LogP contribution in [0.1, 0.15) is 30.5 Å². The van der Waals surface area contributed by atoms with Crippen molar-refractivity contribution in [1.29, 1.82) is 0 Å². The Morgan fingerprint density at radius 2 is 1.30 bits per heavy atom. The van der Waals surface area contributed by atoms with Gasteiger partial charge in [-0.05, 0) is 42.7 Å². The molecule has 0 amide bonds. The van der Waals surface area contributed by atoms with E-state index in [4.69, 9.17) is 32.7 Å². The average Bonchev–Trinajstić information content (AvgIpc) is 2.59. The van der Waals surface area contributed by atoms with Gasteiger partial charge < -0.3 is 9.47 Å². The molecule has 23 heavy (non-hydrogen) atoms. The largest absolute Gasteiger partial charge is 0.491 e. The van der Waals surface area contributed by atoms with Gasteiger partial charge in [0.05, 0.1) is 12.2 Å². The molecule has 0 aromatic heterocycles. The molecule has 0 aliphatic heterocycles. The quantitative estimate of drug-likeness (QED) is 0.461. The van der Waals surface area contributed by atoms with E-state index in [0.29, 0.717) is 25.0 Å². The van der Waals surface area contributed by atoms with Gasteiger partial charge in [-0.1, -0.05) is 36.4 Å². The lowest BCUT2D eigenvalue weighted by molar-refractivity contribution is -0.0336. The minimum absolute atomic E-state index is 0.364. The van der Waals surface area contributed by atoms with Gasteiger partial charge in [0, 0.05) is 11.8 Å². The third-order valence-electron chi connectivity index (χ3n) is 3.70. The molecule has 0 saturated carbocycles. The maximum atomic E-state index is 5.98. The first kappa shape index (κ1) is 18.1. The molecule has 0 bridgehead atoms. The lowest BCUT2D eigenvalue weighted by Crippen LogP contribution is -2.24. The summed E-state index contributed by atoms with van der Waals surface area (Å²) in [6.07, 6.45) is 0. The summed E-state index contributed by atoms with van der Waals surface area (Å²) >= 11 is 11.6. The van der Waals surface area contributed by atoms with E-state index in [0.717, 1.165) is 22.4 Å². The molecular weight excluding hydrogens is 331 g/mol. The minimum atomic E-state index is -0.364. The molecule has 0 radical (unpaired) electrons. The van der Waals surface area contributed by atoms with Crippen LogP contribution in [0, 0.1) is 0 Å². The Balaban J connectivity index is 1.81. The van der Waals surface area contributed by atoms with E-state index in [-0.39, 0.29) is 5.60 Å². The smallest absolute Gasteiger partial charge is 0.119 e. The predicted octanol–water partition coefficient (Wildman–Crippen LogP) is 5.49. The van der Waals surface area contributed by atoms with E-state index >= 15 is 0 Å². The molecule has 0 unspecified atom stereocenters. The average molecular weight is 353 g/mol. The summed E-state index contributed by atoms with van der Waals surface area (Å²) in [5, 5.41) is 0. The maximum Gasteiger partial charge on any atom is 0.119 e. The molecule has 124 valence electrons. The number of benzene rings is 2. The van der Waals surface area contributed by atoms with Crippen LogP contribution >= 0.6 is 23.2 Å². The summed E-state index contributed by atoms with van der Waals surface area (Å²) in [5.74, 6) is 1.87. The molecule has 2 aromatic carbocycles. The number of halogens is 2. The number of rotatable bonds is 8. The minimum Gasteiger partial charge on any atom is -0.491 e. The molecule has 4 heteroatoms. The van der Waals surface area contributed by atoms with Crippen LogP contribution in [0.3, 0.4) is 0 Å². The summed E-state index contributed by atoms with van der Waals surface area (Å²) < 4.78 is 11.7. The van der Waals surface area contributed by atoms with Crippen LogP contribution in [0.5, 0.6) is 5.75 Å². The first-order valence-electron chi connectivity index (χ1n) is 7.62. The fraction of sp³-hybridized carbons (Fsp3) is 0.368. The van der Waals surface area contributed by atoms with Crippen LogP contribution in [-0.4, -0.2) is 13.2 Å². The van der Waals surface area contributed by atoms with Crippen molar-refractivity contribution in [2.75, 3.05) is 13.2 Å². The van der Waals surface area contributed by atoms with Crippen molar-refractivity contribution in [2.45, 2.75) is 31.2 Å². The summed E-state index contributed by atoms with van der Waals surface area (Å²) in [4.78, 5) is 0. The number of alkyl halides is 2. The Morgan fingerprint density at radius 1 is 0.783 bits per heavy atom. The van der Waals surface area contributed by atoms with Crippen molar-refractivity contribution < 1.29 is 9.47 Å². The van der Waals surface area contributed by atoms with E-state index in [1.165, 1.54) is 0 Å². The van der Waals surface area contributed by atoms with Gasteiger partial charge >= 0.3 is 0 Å². The van der Waals surface area contributed by atoms with Crippen molar-refractivity contribution >= 4 is 23.2 Å². The Morgan fingerprint density at radius 3 is 1.83 bits per heavy atom. The van der Waals surface area contributed by atoms with Gasteiger partial charge in [0.1, 0.15) is 12.4 Å². The standard InChI is InChI=1S/C19H22Cl2O2/c1-19(2,17-7-3-15(13-20)4-8-17)23-12-11-22-18-9-5-16(14-21)6-10-18/h3-10H,11-14H2,1-2H3. The Bertz CT molecular complexity index is 592. The van der Waals surface area contributed by atoms with Gasteiger partial charge in [-0.2, -0.15) is 0 Å². The van der Waals surface area contributed by atoms with Crippen LogP contribution < -0.4 is 4.74 Å². The molecule has 2 aromatic rings. The van der Waals surface area contributed by atoms with Gasteiger partial charge in [-0.25, -0.2) is 0 Å². The zero-order valence-corrected chi connectivity index (χ0v) is 15.0. The second-order valence-corrected chi connectivity index (χ2v) is 6.35. The summed E-state index contributed by atoms with van der Waals surface area (Å²) in [7, 11) is 0. The molecule has 0 fully saturated rings. The summed E-state index contributed by atoms with van der Waals surface area (Å²) in [6, 6.07) is 16.0. The topological polar surface area (TPSA) is 18.5 Å². The van der Waals surface area contributed by atoms with Crippen LogP contribution in [0.4, 0.5) is 0 Å². The molecule has 0 atom stereocenters. The van der Waals surface area contributed by atoms with E-state index in [1.807, 2.05) is 36.4 Å². The van der Waals surface area contributed by atoms with E-state index in [2.05, 4.69) is 26.0 Å². The molecule has 0 N–H and O–H groups in total. The van der Waals surface area contributed by atoms with Crippen LogP contribution in [0.2, 0.25) is 0 Å². The Kier molecular flexibility index (Phi) is 6.76. The molecule has 0 heterocycles. The van der Waals surface area contributed by atoms with Gasteiger partial charge in [-0.3, -0.25) is 0 Å². The molecule has 2 rings (SSSR count). The zero-order chi connectivity index (χ0) is 16.7. The van der Waals surface area contributed by atoms with E-state index in [1.54, 1.807) is 0 Å². The van der Waals surface area contributed by atoms with Crippen molar-refractivity contribution in [2.24, 2.45) is 0 Å². The van der Waals surface area contributed by atoms with Gasteiger partial charge in [-0.15, -0.1) is 23.2 Å². The summed E-state index contributed by atoms with van der Waals surface area (Å²) in [6.45, 7) is 5.13. The highest BCUT2D eigenvalue weighted by Crippen LogP contribution is 2.25. The monoisotopic (exact) mass is 352 g/mol. The predicted molar refractivity (Wildman–Crippen MR) is 96.5 cm³/mol. The molecule has 0 spiro atoms. The van der Waals surface area contributed by atoms with Gasteiger partial charge in [0.15, 0.2) is 0 Å². The van der Waals surface area contributed by atoms with Gasteiger partial charge in [0.2, 0.25) is 0 Å². The second-order valence-electron chi connectivity index (χ2n) is 5.82. The maximum absolute atomic E-state index is 5.98. The lowest BCUT2D eigenvalue weighted by Gasteiger charge is -2.26. The second kappa shape index (κ2) is 8.58.